The maximum atomic E-state index is 12.0. The number of ether oxygens (including phenoxy) is 1. The smallest absolute Gasteiger partial charge is 0.411 e. The molecule has 1 heterocycles. The lowest BCUT2D eigenvalue weighted by Crippen LogP contribution is -2.19. The van der Waals surface area contributed by atoms with E-state index in [2.05, 4.69) is 9.84 Å². The molecule has 11 heteroatoms. The van der Waals surface area contributed by atoms with Crippen molar-refractivity contribution in [1.82, 2.24) is 10.2 Å². The number of alkyl halides is 3. The lowest BCUT2D eigenvalue weighted by Gasteiger charge is -2.13. The number of carbonyl (C=O) groups is 1. The van der Waals surface area contributed by atoms with Crippen LogP contribution in [0.3, 0.4) is 0 Å². The summed E-state index contributed by atoms with van der Waals surface area (Å²) in [6.07, 6.45) is -6.08. The fourth-order valence-corrected chi connectivity index (χ4v) is 1.33. The van der Waals surface area contributed by atoms with Crippen LogP contribution in [0.4, 0.5) is 19.0 Å². The Morgan fingerprint density at radius 3 is 2.63 bits per heavy atom. The van der Waals surface area contributed by atoms with Gasteiger partial charge in [-0.1, -0.05) is 5.10 Å². The fourth-order valence-electron chi connectivity index (χ4n) is 1.33. The number of rotatable bonds is 5. The summed E-state index contributed by atoms with van der Waals surface area (Å²) in [5.41, 5.74) is -1.29. The Kier molecular flexibility index (Phi) is 4.09. The average Bonchev–Trinajstić information content (AvgIpc) is 2.69. The van der Waals surface area contributed by atoms with Crippen molar-refractivity contribution in [3.05, 3.63) is 21.4 Å². The van der Waals surface area contributed by atoms with Crippen molar-refractivity contribution in [2.24, 2.45) is 0 Å². The van der Waals surface area contributed by atoms with Gasteiger partial charge in [-0.25, -0.2) is 4.79 Å². The highest BCUT2D eigenvalue weighted by atomic mass is 19.4. The van der Waals surface area contributed by atoms with E-state index in [1.807, 2.05) is 5.10 Å². The minimum absolute atomic E-state index is 0.540. The molecule has 0 bridgehead atoms. The number of aromatic carboxylic acids is 1. The molecule has 8 nitrogen and oxygen atoms in total. The minimum atomic E-state index is -4.63. The first-order valence-electron chi connectivity index (χ1n) is 4.77. The van der Waals surface area contributed by atoms with Crippen LogP contribution in [0.15, 0.2) is 0 Å². The van der Waals surface area contributed by atoms with Crippen molar-refractivity contribution >= 4 is 11.8 Å². The Morgan fingerprint density at radius 2 is 2.21 bits per heavy atom. The number of halogens is 3. The van der Waals surface area contributed by atoms with Crippen LogP contribution in [0.1, 0.15) is 29.1 Å². The van der Waals surface area contributed by atoms with Gasteiger partial charge >= 0.3 is 18.0 Å². The van der Waals surface area contributed by atoms with Crippen molar-refractivity contribution in [1.29, 1.82) is 0 Å². The number of hydrogen-bond acceptors (Lipinski definition) is 5. The van der Waals surface area contributed by atoms with Crippen LogP contribution in [0.5, 0.6) is 0 Å². The van der Waals surface area contributed by atoms with Crippen LogP contribution in [-0.4, -0.2) is 39.0 Å². The Labute approximate surface area is 103 Å². The third-order valence-electron chi connectivity index (χ3n) is 2.07. The van der Waals surface area contributed by atoms with E-state index in [1.165, 1.54) is 0 Å². The Morgan fingerprint density at radius 1 is 1.63 bits per heavy atom. The van der Waals surface area contributed by atoms with Gasteiger partial charge in [0.25, 0.3) is 0 Å². The molecule has 0 aliphatic carbocycles. The summed E-state index contributed by atoms with van der Waals surface area (Å²) < 4.78 is 40.3. The molecular formula is C8H8F3N3O5. The third kappa shape index (κ3) is 3.64. The summed E-state index contributed by atoms with van der Waals surface area (Å²) in [4.78, 5) is 20.4. The fraction of sp³-hybridized carbons (Fsp3) is 0.500. The number of carboxylic acids is 1. The van der Waals surface area contributed by atoms with E-state index in [-0.39, 0.29) is 0 Å². The standard InChI is InChI=1S/C8H8F3N3O5/c1-3(19-2-8(9,10)11)4-5(7(15)16)12-13-6(4)14(17)18/h3H,2H2,1H3,(H,12,13)(H,15,16). The van der Waals surface area contributed by atoms with Crippen molar-refractivity contribution in [3.63, 3.8) is 0 Å². The molecule has 1 unspecified atom stereocenters. The van der Waals surface area contributed by atoms with Crippen molar-refractivity contribution in [2.45, 2.75) is 19.2 Å². The highest BCUT2D eigenvalue weighted by Crippen LogP contribution is 2.30. The first-order valence-corrected chi connectivity index (χ1v) is 4.77. The summed E-state index contributed by atoms with van der Waals surface area (Å²) in [6, 6.07) is 0. The van der Waals surface area contributed by atoms with Crippen LogP contribution in [-0.2, 0) is 4.74 Å². The first-order chi connectivity index (χ1) is 8.63. The molecule has 19 heavy (non-hydrogen) atoms. The van der Waals surface area contributed by atoms with Gasteiger partial charge in [0.15, 0.2) is 0 Å². The summed E-state index contributed by atoms with van der Waals surface area (Å²) in [5.74, 6) is -2.42. The lowest BCUT2D eigenvalue weighted by atomic mass is 10.1. The molecule has 0 aliphatic heterocycles. The summed E-state index contributed by atoms with van der Waals surface area (Å²) >= 11 is 0. The molecule has 0 amide bonds. The Bertz CT molecular complexity index is 467. The summed E-state index contributed by atoms with van der Waals surface area (Å²) in [6.45, 7) is -0.592. The molecular weight excluding hydrogens is 275 g/mol. The van der Waals surface area contributed by atoms with Crippen molar-refractivity contribution in [3.8, 4) is 0 Å². The number of H-pyrrole nitrogens is 1. The zero-order valence-corrected chi connectivity index (χ0v) is 9.39. The van der Waals surface area contributed by atoms with E-state index >= 15 is 0 Å². The van der Waals surface area contributed by atoms with Crippen LogP contribution < -0.4 is 0 Å². The van der Waals surface area contributed by atoms with Gasteiger partial charge < -0.3 is 20.0 Å². The zero-order chi connectivity index (χ0) is 14.8. The first kappa shape index (κ1) is 14.9. The second-order valence-electron chi connectivity index (χ2n) is 3.47. The molecule has 1 aromatic rings. The average molecular weight is 283 g/mol. The SMILES string of the molecule is CC(OCC(F)(F)F)c1c(C(=O)O)n[nH]c1[N+](=O)[O-]. The quantitative estimate of drug-likeness (QED) is 0.626. The van der Waals surface area contributed by atoms with E-state index in [0.29, 0.717) is 0 Å². The molecule has 0 saturated heterocycles. The zero-order valence-electron chi connectivity index (χ0n) is 9.39. The number of hydrogen-bond donors (Lipinski definition) is 2. The second kappa shape index (κ2) is 5.22. The van der Waals surface area contributed by atoms with E-state index < -0.39 is 46.9 Å². The molecule has 0 aromatic carbocycles. The molecule has 1 aromatic heterocycles. The van der Waals surface area contributed by atoms with Gasteiger partial charge in [0, 0.05) is 0 Å². The van der Waals surface area contributed by atoms with Gasteiger partial charge in [-0.15, -0.1) is 5.10 Å². The number of aromatic amines is 1. The highest BCUT2D eigenvalue weighted by molar-refractivity contribution is 5.88. The molecule has 0 radical (unpaired) electrons. The van der Waals surface area contributed by atoms with Crippen LogP contribution in [0.2, 0.25) is 0 Å². The molecule has 106 valence electrons. The molecule has 1 rings (SSSR count). The second-order valence-corrected chi connectivity index (χ2v) is 3.47. The van der Waals surface area contributed by atoms with E-state index in [9.17, 15) is 28.1 Å². The Balaban J connectivity index is 3.05. The predicted octanol–water partition coefficient (Wildman–Crippen LogP) is 1.66. The maximum Gasteiger partial charge on any atom is 0.411 e. The number of carboxylic acid groups (broad SMARTS) is 1. The number of nitrogens with zero attached hydrogens (tertiary/aromatic N) is 2. The van der Waals surface area contributed by atoms with Gasteiger partial charge in [-0.05, 0) is 11.8 Å². The molecule has 2 N–H and O–H groups in total. The van der Waals surface area contributed by atoms with Gasteiger partial charge in [0.05, 0.1) is 6.10 Å². The van der Waals surface area contributed by atoms with Crippen LogP contribution in [0, 0.1) is 10.1 Å². The minimum Gasteiger partial charge on any atom is -0.476 e. The predicted molar refractivity (Wildman–Crippen MR) is 52.6 cm³/mol. The van der Waals surface area contributed by atoms with E-state index in [0.717, 1.165) is 6.92 Å². The van der Waals surface area contributed by atoms with Crippen LogP contribution >= 0.6 is 0 Å². The third-order valence-corrected chi connectivity index (χ3v) is 2.07. The highest BCUT2D eigenvalue weighted by Gasteiger charge is 2.34. The molecule has 0 spiro atoms. The normalized spacial score (nSPS) is 13.3. The molecule has 0 saturated carbocycles. The van der Waals surface area contributed by atoms with Crippen molar-refractivity contribution < 1.29 is 32.7 Å². The molecule has 0 fully saturated rings. The van der Waals surface area contributed by atoms with Crippen molar-refractivity contribution in [2.75, 3.05) is 6.61 Å². The van der Waals surface area contributed by atoms with Gasteiger partial charge in [0.2, 0.25) is 5.69 Å². The largest absolute Gasteiger partial charge is 0.476 e. The van der Waals surface area contributed by atoms with Gasteiger partial charge in [-0.2, -0.15) is 13.2 Å². The molecule has 0 aliphatic rings. The number of nitro groups is 1. The monoisotopic (exact) mass is 283 g/mol. The summed E-state index contributed by atoms with van der Waals surface area (Å²) in [5, 5.41) is 24.4. The van der Waals surface area contributed by atoms with Crippen LogP contribution in [0.25, 0.3) is 0 Å². The van der Waals surface area contributed by atoms with Gasteiger partial charge in [-0.3, -0.25) is 0 Å². The molecule has 1 atom stereocenters. The number of aromatic nitrogens is 2. The topological polar surface area (TPSA) is 118 Å². The summed E-state index contributed by atoms with van der Waals surface area (Å²) in [7, 11) is 0. The lowest BCUT2D eigenvalue weighted by molar-refractivity contribution is -0.390. The maximum absolute atomic E-state index is 12.0. The Hall–Kier alpha value is -2.17. The number of nitrogens with one attached hydrogen (secondary N) is 1. The van der Waals surface area contributed by atoms with E-state index in [1.54, 1.807) is 0 Å². The van der Waals surface area contributed by atoms with E-state index in [4.69, 9.17) is 5.11 Å². The van der Waals surface area contributed by atoms with Gasteiger partial charge in [0.1, 0.15) is 12.2 Å².